The van der Waals surface area contributed by atoms with Gasteiger partial charge in [0, 0.05) is 6.42 Å². The Kier molecular flexibility index (Phi) is 50.5. The number of carbonyl (C=O) groups excluding carboxylic acids is 1. The molecular formula is C62H113NO3. The largest absolute Gasteiger partial charge is 0.459 e. The molecule has 0 aromatic carbocycles. The van der Waals surface area contributed by atoms with Crippen molar-refractivity contribution in [2.24, 2.45) is 0 Å². The first-order valence-electron chi connectivity index (χ1n) is 28.9. The number of ether oxygens (including phenoxy) is 1. The summed E-state index contributed by atoms with van der Waals surface area (Å²) in [4.78, 5) is 15.5. The van der Waals surface area contributed by atoms with Crippen molar-refractivity contribution in [3.63, 3.8) is 0 Å². The first-order chi connectivity index (χ1) is 32.4. The fourth-order valence-electron chi connectivity index (χ4n) is 8.80. The van der Waals surface area contributed by atoms with Gasteiger partial charge in [0.15, 0.2) is 0 Å². The van der Waals surface area contributed by atoms with Crippen LogP contribution in [0.25, 0.3) is 0 Å². The number of nitrogens with zero attached hydrogens (tertiary/aromatic N) is 1. The Balaban J connectivity index is 5.12. The maximum Gasteiger partial charge on any atom is 0.306 e. The average Bonchev–Trinajstić information content (AvgIpc) is 3.30. The Morgan fingerprint density at radius 1 is 0.424 bits per heavy atom. The van der Waals surface area contributed by atoms with E-state index in [0.717, 1.165) is 90.0 Å². The minimum absolute atomic E-state index is 0.130. The summed E-state index contributed by atoms with van der Waals surface area (Å²) >= 11 is 0. The van der Waals surface area contributed by atoms with Crippen LogP contribution in [0.1, 0.15) is 284 Å². The number of aliphatic hydroxyl groups is 1. The summed E-state index contributed by atoms with van der Waals surface area (Å²) in [6.07, 6.45) is 74.7. The Morgan fingerprint density at radius 3 is 1.06 bits per heavy atom. The van der Waals surface area contributed by atoms with E-state index in [2.05, 4.69) is 113 Å². The number of carbonyl (C=O) groups is 1. The van der Waals surface area contributed by atoms with Crippen LogP contribution >= 0.6 is 0 Å². The zero-order chi connectivity index (χ0) is 48.1. The Morgan fingerprint density at radius 2 is 0.727 bits per heavy atom. The third-order valence-electron chi connectivity index (χ3n) is 13.1. The number of hydrogen-bond donors (Lipinski definition) is 1. The van der Waals surface area contributed by atoms with E-state index < -0.39 is 11.7 Å². The van der Waals surface area contributed by atoms with E-state index >= 15 is 0 Å². The van der Waals surface area contributed by atoms with Gasteiger partial charge in [-0.1, -0.05) is 222 Å². The maximum atomic E-state index is 13.3. The molecule has 0 aliphatic rings. The minimum atomic E-state index is -0.946. The minimum Gasteiger partial charge on any atom is -0.459 e. The highest BCUT2D eigenvalue weighted by atomic mass is 16.6. The molecule has 384 valence electrons. The van der Waals surface area contributed by atoms with Gasteiger partial charge in [-0.15, -0.1) is 0 Å². The standard InChI is InChI=1S/C62H113NO3/c1-6-9-12-15-18-21-24-27-30-33-36-39-42-45-48-51-55-60(66-61(64)56-54-59-63(4)5)62(65,57-52-49-46-43-40-37-34-31-28-25-22-19-16-13-10-7-2)58-53-50-47-44-41-38-35-32-29-26-23-20-17-14-11-8-3/h18-23,27-32,60,65H,6-17,24-26,33-59H2,1-5H3. The summed E-state index contributed by atoms with van der Waals surface area (Å²) in [5, 5.41) is 12.6. The zero-order valence-corrected chi connectivity index (χ0v) is 44.9. The molecule has 0 bridgehead atoms. The molecule has 0 saturated heterocycles. The summed E-state index contributed by atoms with van der Waals surface area (Å²) in [5.74, 6) is -0.130. The van der Waals surface area contributed by atoms with Crippen LogP contribution in [0.3, 0.4) is 0 Å². The van der Waals surface area contributed by atoms with E-state index in [0.29, 0.717) is 6.42 Å². The summed E-state index contributed by atoms with van der Waals surface area (Å²) in [6, 6.07) is 0. The summed E-state index contributed by atoms with van der Waals surface area (Å²) in [6.45, 7) is 7.66. The van der Waals surface area contributed by atoms with Crippen LogP contribution in [0.5, 0.6) is 0 Å². The van der Waals surface area contributed by atoms with Crippen molar-refractivity contribution in [1.29, 1.82) is 0 Å². The highest BCUT2D eigenvalue weighted by Gasteiger charge is 2.38. The molecule has 4 heteroatoms. The van der Waals surface area contributed by atoms with Gasteiger partial charge in [0.05, 0.1) is 0 Å². The molecule has 0 aliphatic carbocycles. The average molecular weight is 921 g/mol. The molecule has 0 aromatic heterocycles. The quantitative estimate of drug-likeness (QED) is 0.0375. The van der Waals surface area contributed by atoms with Crippen molar-refractivity contribution in [3.05, 3.63) is 72.9 Å². The SMILES string of the molecule is CCCCCC=CCC=CCCCCCCCCC(OC(=O)CCCN(C)C)C(O)(CCCCCCCCC=CCC=CCCCCC)CCCCCCCCC=CCC=CCCCCC. The first-order valence-corrected chi connectivity index (χ1v) is 28.9. The van der Waals surface area contributed by atoms with E-state index in [1.807, 2.05) is 0 Å². The molecule has 1 unspecified atom stereocenters. The van der Waals surface area contributed by atoms with Crippen LogP contribution in [0.4, 0.5) is 0 Å². The van der Waals surface area contributed by atoms with Crippen molar-refractivity contribution in [1.82, 2.24) is 4.90 Å². The Bertz CT molecular complexity index is 1130. The van der Waals surface area contributed by atoms with Crippen molar-refractivity contribution >= 4 is 5.97 Å². The number of hydrogen-bond acceptors (Lipinski definition) is 4. The normalized spacial score (nSPS) is 13.9. The monoisotopic (exact) mass is 920 g/mol. The van der Waals surface area contributed by atoms with E-state index in [4.69, 9.17) is 4.74 Å². The van der Waals surface area contributed by atoms with E-state index in [1.54, 1.807) is 0 Å². The molecule has 1 atom stereocenters. The van der Waals surface area contributed by atoms with Gasteiger partial charge < -0.3 is 14.7 Å². The van der Waals surface area contributed by atoms with Crippen molar-refractivity contribution in [2.75, 3.05) is 20.6 Å². The van der Waals surface area contributed by atoms with E-state index in [1.165, 1.54) is 173 Å². The lowest BCUT2D eigenvalue weighted by atomic mass is 9.82. The lowest BCUT2D eigenvalue weighted by Gasteiger charge is -2.36. The van der Waals surface area contributed by atoms with Gasteiger partial charge in [-0.3, -0.25) is 4.79 Å². The predicted octanol–water partition coefficient (Wildman–Crippen LogP) is 19.6. The van der Waals surface area contributed by atoms with Gasteiger partial charge in [0.25, 0.3) is 0 Å². The summed E-state index contributed by atoms with van der Waals surface area (Å²) in [7, 11) is 4.11. The van der Waals surface area contributed by atoms with Gasteiger partial charge in [-0.05, 0) is 149 Å². The number of allylic oxidation sites excluding steroid dienone is 12. The van der Waals surface area contributed by atoms with Gasteiger partial charge in [0.2, 0.25) is 0 Å². The molecule has 4 nitrogen and oxygen atoms in total. The number of esters is 1. The second-order valence-corrected chi connectivity index (χ2v) is 20.0. The molecule has 0 spiro atoms. The molecule has 0 heterocycles. The smallest absolute Gasteiger partial charge is 0.306 e. The van der Waals surface area contributed by atoms with Crippen molar-refractivity contribution < 1.29 is 14.6 Å². The molecule has 0 amide bonds. The van der Waals surface area contributed by atoms with Gasteiger partial charge in [-0.25, -0.2) is 0 Å². The molecule has 1 N–H and O–H groups in total. The lowest BCUT2D eigenvalue weighted by Crippen LogP contribution is -2.45. The van der Waals surface area contributed by atoms with E-state index in [-0.39, 0.29) is 5.97 Å². The molecule has 66 heavy (non-hydrogen) atoms. The van der Waals surface area contributed by atoms with Crippen molar-refractivity contribution in [3.8, 4) is 0 Å². The molecule has 0 rings (SSSR count). The summed E-state index contributed by atoms with van der Waals surface area (Å²) in [5.41, 5.74) is -0.946. The van der Waals surface area contributed by atoms with Crippen LogP contribution in [-0.4, -0.2) is 48.3 Å². The van der Waals surface area contributed by atoms with Crippen LogP contribution in [0.15, 0.2) is 72.9 Å². The highest BCUT2D eigenvalue weighted by Crippen LogP contribution is 2.32. The maximum absolute atomic E-state index is 13.3. The van der Waals surface area contributed by atoms with Gasteiger partial charge >= 0.3 is 5.97 Å². The topological polar surface area (TPSA) is 49.8 Å². The molecule has 0 radical (unpaired) electrons. The third-order valence-corrected chi connectivity index (χ3v) is 13.1. The number of rotatable bonds is 51. The third kappa shape index (κ3) is 46.9. The van der Waals surface area contributed by atoms with Crippen molar-refractivity contribution in [2.45, 2.75) is 296 Å². The van der Waals surface area contributed by atoms with Crippen LogP contribution in [-0.2, 0) is 9.53 Å². The van der Waals surface area contributed by atoms with Gasteiger partial charge in [-0.2, -0.15) is 0 Å². The Labute approximate surface area is 413 Å². The first kappa shape index (κ1) is 63.8. The van der Waals surface area contributed by atoms with Crippen LogP contribution in [0.2, 0.25) is 0 Å². The number of unbranched alkanes of at least 4 members (excludes halogenated alkanes) is 27. The van der Waals surface area contributed by atoms with Crippen LogP contribution in [0, 0.1) is 0 Å². The molecular weight excluding hydrogens is 807 g/mol. The zero-order valence-electron chi connectivity index (χ0n) is 44.9. The molecule has 0 fully saturated rings. The highest BCUT2D eigenvalue weighted by molar-refractivity contribution is 5.69. The Hall–Kier alpha value is -2.17. The lowest BCUT2D eigenvalue weighted by molar-refractivity contribution is -0.169. The molecule has 0 aromatic rings. The van der Waals surface area contributed by atoms with E-state index in [9.17, 15) is 9.90 Å². The summed E-state index contributed by atoms with van der Waals surface area (Å²) < 4.78 is 6.34. The molecule has 0 aliphatic heterocycles. The second-order valence-electron chi connectivity index (χ2n) is 20.0. The fraction of sp³-hybridized carbons (Fsp3) is 0.790. The molecule has 0 saturated carbocycles. The van der Waals surface area contributed by atoms with Gasteiger partial charge in [0.1, 0.15) is 11.7 Å². The van der Waals surface area contributed by atoms with Crippen LogP contribution < -0.4 is 0 Å². The predicted molar refractivity (Wildman–Crippen MR) is 295 cm³/mol. The second kappa shape index (κ2) is 52.2. The fourth-order valence-corrected chi connectivity index (χ4v) is 8.80.